The monoisotopic (exact) mass is 466 g/mol. The molecule has 1 N–H and O–H groups in total. The predicted molar refractivity (Wildman–Crippen MR) is 124 cm³/mol. The minimum atomic E-state index is -1.26. The number of nitrogens with zero attached hydrogens (tertiary/aromatic N) is 2. The van der Waals surface area contributed by atoms with Gasteiger partial charge in [0.1, 0.15) is 24.2 Å². The fourth-order valence-electron chi connectivity index (χ4n) is 6.03. The fraction of sp³-hybridized carbons (Fsp3) is 0.500. The van der Waals surface area contributed by atoms with Gasteiger partial charge in [-0.2, -0.15) is 0 Å². The number of fused-ring (bicyclic) bond motifs is 2. The lowest BCUT2D eigenvalue weighted by Crippen LogP contribution is -2.55. The van der Waals surface area contributed by atoms with Crippen LogP contribution in [-0.2, 0) is 23.9 Å². The first-order chi connectivity index (χ1) is 16.4. The molecule has 4 aliphatic heterocycles. The number of aryl methyl sites for hydroxylation is 2. The van der Waals surface area contributed by atoms with E-state index in [-0.39, 0.29) is 25.0 Å². The number of hydrogen-bond acceptors (Lipinski definition) is 6. The first-order valence-corrected chi connectivity index (χ1v) is 11.9. The van der Waals surface area contributed by atoms with Gasteiger partial charge in [-0.1, -0.05) is 36.4 Å². The molecule has 2 fully saturated rings. The highest BCUT2D eigenvalue weighted by molar-refractivity contribution is 6.06. The van der Waals surface area contributed by atoms with Crippen molar-refractivity contribution < 1.29 is 29.0 Å². The molecule has 4 heterocycles. The number of hydrogen-bond donors (Lipinski definition) is 1. The van der Waals surface area contributed by atoms with Gasteiger partial charge in [-0.25, -0.2) is 0 Å². The van der Waals surface area contributed by atoms with Crippen LogP contribution in [0.5, 0.6) is 0 Å². The molecule has 1 unspecified atom stereocenters. The van der Waals surface area contributed by atoms with Gasteiger partial charge in [-0.05, 0) is 43.9 Å². The smallest absolute Gasteiger partial charge is 0.313 e. The van der Waals surface area contributed by atoms with Crippen molar-refractivity contribution in [2.45, 2.75) is 44.4 Å². The van der Waals surface area contributed by atoms with Gasteiger partial charge in [0.25, 0.3) is 5.91 Å². The molecule has 0 radical (unpaired) electrons. The molecule has 5 rings (SSSR count). The highest BCUT2D eigenvalue weighted by Gasteiger charge is 2.71. The normalized spacial score (nSPS) is 32.3. The van der Waals surface area contributed by atoms with Gasteiger partial charge in [-0.15, -0.1) is 0 Å². The second-order valence-electron chi connectivity index (χ2n) is 9.45. The number of para-hydroxylation sites is 1. The van der Waals surface area contributed by atoms with E-state index in [9.17, 15) is 19.5 Å². The molecule has 0 aromatic heterocycles. The molecule has 1 aromatic rings. The standard InChI is InChI=1S/C26H30N2O6/c1-16-8-5-9-17(2)21(16)27-13-7-11-26-20(19-18(34-26)10-6-15-33-25(19)32)23(30)28(12-3-4-14-29)22(26)24(27)31/h5-11,18-20,22,29H,3-4,12-15H2,1-2H3/t18-,19+,20+,22?,26+/m1/s1. The fourth-order valence-corrected chi connectivity index (χ4v) is 6.03. The van der Waals surface area contributed by atoms with E-state index in [0.717, 1.165) is 16.8 Å². The lowest BCUT2D eigenvalue weighted by molar-refractivity contribution is -0.152. The number of amides is 2. The van der Waals surface area contributed by atoms with Crippen LogP contribution in [0.1, 0.15) is 24.0 Å². The summed E-state index contributed by atoms with van der Waals surface area (Å²) in [7, 11) is 0. The number of carbonyl (C=O) groups excluding carboxylic acids is 3. The molecule has 8 heteroatoms. The molecule has 2 amide bonds. The minimum Gasteiger partial charge on any atom is -0.461 e. The van der Waals surface area contributed by atoms with Crippen molar-refractivity contribution in [2.75, 3.05) is 31.2 Å². The highest BCUT2D eigenvalue weighted by atomic mass is 16.6. The van der Waals surface area contributed by atoms with Gasteiger partial charge in [0, 0.05) is 25.4 Å². The highest BCUT2D eigenvalue weighted by Crippen LogP contribution is 2.53. The van der Waals surface area contributed by atoms with Crippen LogP contribution in [0.2, 0.25) is 0 Å². The largest absolute Gasteiger partial charge is 0.461 e. The number of unbranched alkanes of at least 4 members (excludes halogenated alkanes) is 1. The number of aliphatic hydroxyl groups excluding tert-OH is 1. The third-order valence-corrected chi connectivity index (χ3v) is 7.43. The molecule has 0 saturated carbocycles. The van der Waals surface area contributed by atoms with Gasteiger partial charge in [0.05, 0.1) is 12.0 Å². The Kier molecular flexibility index (Phi) is 5.81. The lowest BCUT2D eigenvalue weighted by Gasteiger charge is -2.36. The SMILES string of the molecule is Cc1cccc(C)c1N1CC=C[C@]23O[C@@H]4C=CCOC(=O)[C@@H]4[C@H]2C(=O)N(CCCCO)C3C1=O. The van der Waals surface area contributed by atoms with Crippen LogP contribution >= 0.6 is 0 Å². The summed E-state index contributed by atoms with van der Waals surface area (Å²) >= 11 is 0. The van der Waals surface area contributed by atoms with Crippen molar-refractivity contribution in [3.63, 3.8) is 0 Å². The van der Waals surface area contributed by atoms with Gasteiger partial charge in [0.2, 0.25) is 5.91 Å². The van der Waals surface area contributed by atoms with Gasteiger partial charge in [-0.3, -0.25) is 14.4 Å². The Balaban J connectivity index is 1.62. The molecule has 4 aliphatic rings. The van der Waals surface area contributed by atoms with Crippen molar-refractivity contribution in [1.82, 2.24) is 4.90 Å². The third kappa shape index (κ3) is 3.31. The summed E-state index contributed by atoms with van der Waals surface area (Å²) in [6.45, 7) is 4.71. The molecule has 2 saturated heterocycles. The number of ether oxygens (including phenoxy) is 2. The van der Waals surface area contributed by atoms with E-state index in [1.54, 1.807) is 22.0 Å². The minimum absolute atomic E-state index is 0.00195. The van der Waals surface area contributed by atoms with E-state index < -0.39 is 35.6 Å². The van der Waals surface area contributed by atoms with Crippen molar-refractivity contribution >= 4 is 23.5 Å². The molecule has 1 spiro atoms. The second kappa shape index (κ2) is 8.67. The Morgan fingerprint density at radius 3 is 2.59 bits per heavy atom. The molecular weight excluding hydrogens is 436 g/mol. The Hall–Kier alpha value is -2.97. The molecule has 0 aliphatic carbocycles. The van der Waals surface area contributed by atoms with Gasteiger partial charge < -0.3 is 24.4 Å². The van der Waals surface area contributed by atoms with E-state index >= 15 is 0 Å². The number of likely N-dealkylation sites (tertiary alicyclic amines) is 1. The van der Waals surface area contributed by atoms with Crippen LogP contribution in [0.4, 0.5) is 5.69 Å². The molecule has 0 bridgehead atoms. The van der Waals surface area contributed by atoms with Crippen LogP contribution in [0.3, 0.4) is 0 Å². The number of anilines is 1. The van der Waals surface area contributed by atoms with Crippen molar-refractivity contribution in [3.05, 3.63) is 53.6 Å². The van der Waals surface area contributed by atoms with Crippen LogP contribution in [0.15, 0.2) is 42.5 Å². The first-order valence-electron chi connectivity index (χ1n) is 11.9. The van der Waals surface area contributed by atoms with E-state index in [1.165, 1.54) is 0 Å². The quantitative estimate of drug-likeness (QED) is 0.403. The maximum Gasteiger partial charge on any atom is 0.313 e. The van der Waals surface area contributed by atoms with Crippen molar-refractivity contribution in [2.24, 2.45) is 11.8 Å². The number of aliphatic hydroxyl groups is 1. The molecule has 5 atom stereocenters. The summed E-state index contributed by atoms with van der Waals surface area (Å²) in [5.41, 5.74) is 1.50. The van der Waals surface area contributed by atoms with E-state index in [1.807, 2.05) is 44.2 Å². The van der Waals surface area contributed by atoms with E-state index in [0.29, 0.717) is 25.9 Å². The average Bonchev–Trinajstić information content (AvgIpc) is 3.10. The number of cyclic esters (lactones) is 1. The zero-order chi connectivity index (χ0) is 24.0. The molecule has 180 valence electrons. The molecule has 8 nitrogen and oxygen atoms in total. The number of carbonyl (C=O) groups is 3. The maximum atomic E-state index is 14.2. The molecule has 34 heavy (non-hydrogen) atoms. The average molecular weight is 467 g/mol. The zero-order valence-corrected chi connectivity index (χ0v) is 19.5. The zero-order valence-electron chi connectivity index (χ0n) is 19.5. The Morgan fingerprint density at radius 2 is 1.85 bits per heavy atom. The number of esters is 1. The second-order valence-corrected chi connectivity index (χ2v) is 9.45. The first kappa shape index (κ1) is 22.8. The van der Waals surface area contributed by atoms with Crippen molar-refractivity contribution in [3.8, 4) is 0 Å². The number of benzene rings is 1. The molecule has 1 aromatic carbocycles. The summed E-state index contributed by atoms with van der Waals surface area (Å²) in [4.78, 5) is 44.3. The van der Waals surface area contributed by atoms with Crippen LogP contribution < -0.4 is 4.90 Å². The van der Waals surface area contributed by atoms with Gasteiger partial charge >= 0.3 is 5.97 Å². The van der Waals surface area contributed by atoms with Crippen LogP contribution in [-0.4, -0.2) is 71.8 Å². The maximum absolute atomic E-state index is 14.2. The Bertz CT molecular complexity index is 1060. The van der Waals surface area contributed by atoms with Gasteiger partial charge in [0.15, 0.2) is 0 Å². The van der Waals surface area contributed by atoms with Crippen LogP contribution in [0.25, 0.3) is 0 Å². The van der Waals surface area contributed by atoms with Crippen molar-refractivity contribution in [1.29, 1.82) is 0 Å². The summed E-state index contributed by atoms with van der Waals surface area (Å²) in [6, 6.07) is 4.98. The Labute approximate surface area is 198 Å². The number of rotatable bonds is 5. The Morgan fingerprint density at radius 1 is 1.09 bits per heavy atom. The van der Waals surface area contributed by atoms with E-state index in [2.05, 4.69) is 0 Å². The topological polar surface area (TPSA) is 96.4 Å². The summed E-state index contributed by atoms with van der Waals surface area (Å²) in [6.07, 6.45) is 7.63. The van der Waals surface area contributed by atoms with E-state index in [4.69, 9.17) is 9.47 Å². The lowest BCUT2D eigenvalue weighted by atomic mass is 9.78. The summed E-state index contributed by atoms with van der Waals surface area (Å²) in [5.74, 6) is -2.62. The third-order valence-electron chi connectivity index (χ3n) is 7.43. The van der Waals surface area contributed by atoms with Crippen LogP contribution in [0, 0.1) is 25.7 Å². The predicted octanol–water partition coefficient (Wildman–Crippen LogP) is 1.67. The summed E-state index contributed by atoms with van der Waals surface area (Å²) in [5, 5.41) is 9.28. The summed E-state index contributed by atoms with van der Waals surface area (Å²) < 4.78 is 11.8. The molecular formula is C26H30N2O6.